The number of rotatable bonds is 3. The van der Waals surface area contributed by atoms with E-state index in [0.717, 1.165) is 4.68 Å². The Hall–Kier alpha value is -3.62. The Kier molecular flexibility index (Phi) is 3.23. The third-order valence-corrected chi connectivity index (χ3v) is 3.35. The fraction of sp³-hybridized carbons (Fsp3) is 0. The van der Waals surface area contributed by atoms with Gasteiger partial charge in [0, 0.05) is 5.56 Å². The van der Waals surface area contributed by atoms with Crippen LogP contribution in [0.2, 0.25) is 0 Å². The van der Waals surface area contributed by atoms with E-state index in [2.05, 4.69) is 25.7 Å². The van der Waals surface area contributed by atoms with Crippen molar-refractivity contribution in [2.45, 2.75) is 0 Å². The Bertz CT molecular complexity index is 1070. The Morgan fingerprint density at radius 1 is 1.12 bits per heavy atom. The van der Waals surface area contributed by atoms with E-state index in [1.54, 1.807) is 42.5 Å². The first-order valence-corrected chi connectivity index (χ1v) is 6.92. The van der Waals surface area contributed by atoms with Crippen molar-refractivity contribution in [2.75, 3.05) is 0 Å². The molecule has 2 heterocycles. The van der Waals surface area contributed by atoms with Gasteiger partial charge in [-0.25, -0.2) is 14.3 Å². The molecule has 24 heavy (non-hydrogen) atoms. The number of benzene rings is 2. The molecule has 0 saturated heterocycles. The van der Waals surface area contributed by atoms with Crippen LogP contribution in [0.4, 0.5) is 4.39 Å². The second-order valence-corrected chi connectivity index (χ2v) is 4.87. The van der Waals surface area contributed by atoms with E-state index >= 15 is 0 Å². The van der Waals surface area contributed by atoms with Gasteiger partial charge in [0.1, 0.15) is 5.82 Å². The topological polar surface area (TPSA) is 102 Å². The highest BCUT2D eigenvalue weighted by Gasteiger charge is 2.14. The summed E-state index contributed by atoms with van der Waals surface area (Å²) in [6.45, 7) is 0. The molecular weight excluding hydrogens is 315 g/mol. The van der Waals surface area contributed by atoms with Gasteiger partial charge in [0.15, 0.2) is 0 Å². The van der Waals surface area contributed by atoms with Gasteiger partial charge in [0.2, 0.25) is 5.82 Å². The van der Waals surface area contributed by atoms with Crippen molar-refractivity contribution in [2.24, 2.45) is 0 Å². The molecule has 4 aromatic rings. The summed E-state index contributed by atoms with van der Waals surface area (Å²) in [4.78, 5) is 15.8. The minimum Gasteiger partial charge on any atom is -0.334 e. The van der Waals surface area contributed by atoms with Crippen molar-refractivity contribution < 1.29 is 8.91 Å². The number of nitrogens with one attached hydrogen (secondary N) is 1. The van der Waals surface area contributed by atoms with Crippen molar-refractivity contribution in [1.82, 2.24) is 30.3 Å². The monoisotopic (exact) mass is 324 g/mol. The number of nitrogens with zero attached hydrogens (tertiary/aromatic N) is 5. The molecule has 4 rings (SSSR count). The molecule has 0 aliphatic carbocycles. The molecule has 8 nitrogen and oxygen atoms in total. The van der Waals surface area contributed by atoms with Crippen LogP contribution >= 0.6 is 0 Å². The molecule has 0 amide bonds. The van der Waals surface area contributed by atoms with Gasteiger partial charge >= 0.3 is 5.69 Å². The summed E-state index contributed by atoms with van der Waals surface area (Å²) in [5.74, 6) is -0.102. The lowest BCUT2D eigenvalue weighted by Crippen LogP contribution is -2.15. The highest BCUT2D eigenvalue weighted by molar-refractivity contribution is 5.62. The molecule has 0 fully saturated rings. The van der Waals surface area contributed by atoms with Crippen LogP contribution in [-0.2, 0) is 0 Å². The van der Waals surface area contributed by atoms with Crippen molar-refractivity contribution >= 4 is 0 Å². The molecule has 1 N–H and O–H groups in total. The Labute approximate surface area is 133 Å². The highest BCUT2D eigenvalue weighted by atomic mass is 19.1. The fourth-order valence-electron chi connectivity index (χ4n) is 2.23. The molecule has 118 valence electrons. The minimum atomic E-state index is -0.465. The third kappa shape index (κ3) is 2.37. The van der Waals surface area contributed by atoms with Crippen LogP contribution in [0.5, 0.6) is 0 Å². The zero-order valence-electron chi connectivity index (χ0n) is 12.0. The molecule has 9 heteroatoms. The van der Waals surface area contributed by atoms with Crippen LogP contribution in [0.15, 0.2) is 57.8 Å². The van der Waals surface area contributed by atoms with Crippen molar-refractivity contribution in [3.8, 4) is 28.5 Å². The summed E-state index contributed by atoms with van der Waals surface area (Å²) in [5.41, 5.74) is 0.838. The van der Waals surface area contributed by atoms with Crippen molar-refractivity contribution in [1.29, 1.82) is 0 Å². The lowest BCUT2D eigenvalue weighted by molar-refractivity contribution is 0.429. The summed E-state index contributed by atoms with van der Waals surface area (Å²) >= 11 is 0. The molecule has 0 aliphatic rings. The van der Waals surface area contributed by atoms with E-state index in [1.165, 1.54) is 6.07 Å². The van der Waals surface area contributed by atoms with Gasteiger partial charge in [0.05, 0.1) is 11.3 Å². The molecule has 0 saturated carbocycles. The van der Waals surface area contributed by atoms with Crippen LogP contribution < -0.4 is 5.69 Å². The number of hydrogen-bond acceptors (Lipinski definition) is 6. The van der Waals surface area contributed by atoms with Gasteiger partial charge in [-0.05, 0) is 34.7 Å². The number of halogens is 1. The lowest BCUT2D eigenvalue weighted by atomic mass is 10.2. The molecular formula is C15H9FN6O2. The smallest absolute Gasteiger partial charge is 0.334 e. The number of hydrogen-bond donors (Lipinski definition) is 1. The van der Waals surface area contributed by atoms with E-state index < -0.39 is 11.5 Å². The second kappa shape index (κ2) is 5.54. The molecule has 0 atom stereocenters. The van der Waals surface area contributed by atoms with E-state index in [4.69, 9.17) is 4.52 Å². The number of H-pyrrole nitrogens is 1. The molecule has 0 unspecified atom stereocenters. The Balaban J connectivity index is 1.75. The maximum Gasteiger partial charge on any atom is 0.365 e. The molecule has 0 bridgehead atoms. The van der Waals surface area contributed by atoms with E-state index in [-0.39, 0.29) is 17.3 Å². The van der Waals surface area contributed by atoms with Gasteiger partial charge in [-0.15, -0.1) is 0 Å². The van der Waals surface area contributed by atoms with Crippen LogP contribution in [0, 0.1) is 5.82 Å². The molecule has 0 spiro atoms. The summed E-state index contributed by atoms with van der Waals surface area (Å²) in [6.07, 6.45) is 0. The van der Waals surface area contributed by atoms with E-state index in [1.807, 2.05) is 0 Å². The third-order valence-electron chi connectivity index (χ3n) is 3.35. The van der Waals surface area contributed by atoms with Crippen LogP contribution in [0.25, 0.3) is 28.5 Å². The average Bonchev–Trinajstić information content (AvgIpc) is 3.24. The van der Waals surface area contributed by atoms with Crippen LogP contribution in [0.1, 0.15) is 0 Å². The van der Waals surface area contributed by atoms with Gasteiger partial charge in [-0.1, -0.05) is 29.4 Å². The second-order valence-electron chi connectivity index (χ2n) is 4.87. The summed E-state index contributed by atoms with van der Waals surface area (Å²) in [6, 6.07) is 12.9. The largest absolute Gasteiger partial charge is 0.365 e. The van der Waals surface area contributed by atoms with Gasteiger partial charge < -0.3 is 4.52 Å². The summed E-state index contributed by atoms with van der Waals surface area (Å²) in [7, 11) is 0. The van der Waals surface area contributed by atoms with Crippen LogP contribution in [-0.4, -0.2) is 30.3 Å². The molecule has 2 aromatic heterocycles. The predicted octanol–water partition coefficient (Wildman–Crippen LogP) is 1.81. The normalized spacial score (nSPS) is 10.9. The number of aromatic amines is 1. The first-order valence-electron chi connectivity index (χ1n) is 6.92. The molecule has 0 radical (unpaired) electrons. The van der Waals surface area contributed by atoms with Gasteiger partial charge in [-0.2, -0.15) is 9.67 Å². The zero-order chi connectivity index (χ0) is 16.5. The SMILES string of the molecule is O=c1[nH]nnn1-c1cccc(-c2noc(-c3ccccc3F)n2)c1. The fourth-order valence-corrected chi connectivity index (χ4v) is 2.23. The standard InChI is InChI=1S/C15H9FN6O2/c16-12-7-2-1-6-11(12)14-17-13(19-24-14)9-4-3-5-10(8-9)22-15(23)18-20-21-22/h1-8H,(H,18,21,23). The lowest BCUT2D eigenvalue weighted by Gasteiger charge is -2.00. The van der Waals surface area contributed by atoms with Crippen LogP contribution in [0.3, 0.4) is 0 Å². The van der Waals surface area contributed by atoms with Crippen molar-refractivity contribution in [3.05, 3.63) is 64.8 Å². The summed E-state index contributed by atoms with van der Waals surface area (Å²) in [5, 5.41) is 13.2. The zero-order valence-corrected chi connectivity index (χ0v) is 12.0. The number of tetrazole rings is 1. The maximum absolute atomic E-state index is 13.8. The molecule has 2 aromatic carbocycles. The average molecular weight is 324 g/mol. The Morgan fingerprint density at radius 3 is 2.79 bits per heavy atom. The highest BCUT2D eigenvalue weighted by Crippen LogP contribution is 2.24. The van der Waals surface area contributed by atoms with E-state index in [9.17, 15) is 9.18 Å². The quantitative estimate of drug-likeness (QED) is 0.616. The molecule has 0 aliphatic heterocycles. The summed E-state index contributed by atoms with van der Waals surface area (Å²) < 4.78 is 20.0. The van der Waals surface area contributed by atoms with Crippen molar-refractivity contribution in [3.63, 3.8) is 0 Å². The maximum atomic E-state index is 13.8. The van der Waals surface area contributed by atoms with Gasteiger partial charge in [-0.3, -0.25) is 0 Å². The first kappa shape index (κ1) is 14.0. The van der Waals surface area contributed by atoms with Gasteiger partial charge in [0.25, 0.3) is 5.89 Å². The minimum absolute atomic E-state index is 0.0760. The van der Waals surface area contributed by atoms with E-state index in [0.29, 0.717) is 11.3 Å². The predicted molar refractivity (Wildman–Crippen MR) is 80.7 cm³/mol. The first-order chi connectivity index (χ1) is 11.7. The Morgan fingerprint density at radius 2 is 2.00 bits per heavy atom. The number of aromatic nitrogens is 6.